The van der Waals surface area contributed by atoms with Crippen LogP contribution in [0.5, 0.6) is 0 Å². The van der Waals surface area contributed by atoms with E-state index in [1.165, 1.54) is 12.0 Å². The number of ketones is 1. The molecule has 0 unspecified atom stereocenters. The standard InChI is InChI=1S/C20H21NO3/c1-2-24-20(23)18-7-4-3-6-17(18)19(22)16-10-8-15(9-11-16)14-21-12-5-13-21/h3-4,6-11H,2,5,12-14H2,1H3. The molecule has 1 aliphatic heterocycles. The van der Waals surface area contributed by atoms with Crippen LogP contribution < -0.4 is 0 Å². The summed E-state index contributed by atoms with van der Waals surface area (Å²) in [6.07, 6.45) is 1.27. The number of hydrogen-bond donors (Lipinski definition) is 0. The molecule has 1 saturated heterocycles. The van der Waals surface area contributed by atoms with E-state index in [0.29, 0.717) is 16.7 Å². The van der Waals surface area contributed by atoms with Gasteiger partial charge in [0.25, 0.3) is 0 Å². The lowest BCUT2D eigenvalue weighted by Gasteiger charge is -2.30. The molecule has 124 valence electrons. The van der Waals surface area contributed by atoms with Crippen molar-refractivity contribution in [3.63, 3.8) is 0 Å². The predicted octanol–water partition coefficient (Wildman–Crippen LogP) is 3.30. The third-order valence-electron chi connectivity index (χ3n) is 4.24. The van der Waals surface area contributed by atoms with Gasteiger partial charge < -0.3 is 4.74 Å². The Morgan fingerprint density at radius 2 is 1.67 bits per heavy atom. The second-order valence-corrected chi connectivity index (χ2v) is 5.92. The SMILES string of the molecule is CCOC(=O)c1ccccc1C(=O)c1ccc(CN2CCC2)cc1. The summed E-state index contributed by atoms with van der Waals surface area (Å²) in [6.45, 7) is 5.25. The summed E-state index contributed by atoms with van der Waals surface area (Å²) in [4.78, 5) is 27.2. The normalized spacial score (nSPS) is 14.0. The molecular formula is C20H21NO3. The van der Waals surface area contributed by atoms with Crippen molar-refractivity contribution in [1.29, 1.82) is 0 Å². The number of hydrogen-bond acceptors (Lipinski definition) is 4. The van der Waals surface area contributed by atoms with Gasteiger partial charge in [0.1, 0.15) is 0 Å². The molecule has 0 N–H and O–H groups in total. The summed E-state index contributed by atoms with van der Waals surface area (Å²) in [7, 11) is 0. The van der Waals surface area contributed by atoms with Gasteiger partial charge in [-0.05, 0) is 38.1 Å². The topological polar surface area (TPSA) is 46.6 Å². The average molecular weight is 323 g/mol. The summed E-state index contributed by atoms with van der Waals surface area (Å²) in [6, 6.07) is 14.4. The van der Waals surface area contributed by atoms with E-state index in [2.05, 4.69) is 4.90 Å². The van der Waals surface area contributed by atoms with Crippen LogP contribution in [-0.4, -0.2) is 36.3 Å². The molecule has 4 nitrogen and oxygen atoms in total. The largest absolute Gasteiger partial charge is 0.462 e. The summed E-state index contributed by atoms with van der Waals surface area (Å²) in [5, 5.41) is 0. The number of likely N-dealkylation sites (tertiary alicyclic amines) is 1. The van der Waals surface area contributed by atoms with Gasteiger partial charge in [0, 0.05) is 17.7 Å². The van der Waals surface area contributed by atoms with Crippen molar-refractivity contribution in [2.45, 2.75) is 19.9 Å². The Balaban J connectivity index is 1.79. The Labute approximate surface area is 142 Å². The fraction of sp³-hybridized carbons (Fsp3) is 0.300. The Bertz CT molecular complexity index is 733. The summed E-state index contributed by atoms with van der Waals surface area (Å²) >= 11 is 0. The second-order valence-electron chi connectivity index (χ2n) is 5.92. The summed E-state index contributed by atoms with van der Waals surface area (Å²) in [5.74, 6) is -0.620. The Morgan fingerprint density at radius 1 is 1.00 bits per heavy atom. The van der Waals surface area contributed by atoms with E-state index in [-0.39, 0.29) is 12.4 Å². The smallest absolute Gasteiger partial charge is 0.338 e. The zero-order valence-electron chi connectivity index (χ0n) is 13.8. The van der Waals surface area contributed by atoms with Crippen LogP contribution in [-0.2, 0) is 11.3 Å². The highest BCUT2D eigenvalue weighted by Crippen LogP contribution is 2.18. The average Bonchev–Trinajstić information content (AvgIpc) is 2.58. The van der Waals surface area contributed by atoms with Crippen LogP contribution >= 0.6 is 0 Å². The first-order valence-corrected chi connectivity index (χ1v) is 8.31. The van der Waals surface area contributed by atoms with E-state index in [0.717, 1.165) is 19.6 Å². The molecule has 1 aliphatic rings. The molecule has 0 spiro atoms. The minimum atomic E-state index is -0.462. The van der Waals surface area contributed by atoms with Gasteiger partial charge in [0.05, 0.1) is 12.2 Å². The number of esters is 1. The third kappa shape index (κ3) is 3.54. The molecule has 0 bridgehead atoms. The number of ether oxygens (including phenoxy) is 1. The van der Waals surface area contributed by atoms with E-state index in [1.54, 1.807) is 31.2 Å². The fourth-order valence-corrected chi connectivity index (χ4v) is 2.78. The van der Waals surface area contributed by atoms with Crippen LogP contribution in [0.2, 0.25) is 0 Å². The molecule has 1 heterocycles. The minimum absolute atomic E-state index is 0.158. The maximum absolute atomic E-state index is 12.8. The van der Waals surface area contributed by atoms with E-state index in [4.69, 9.17) is 4.74 Å². The van der Waals surface area contributed by atoms with Crippen molar-refractivity contribution in [3.05, 3.63) is 70.8 Å². The predicted molar refractivity (Wildman–Crippen MR) is 92.2 cm³/mol. The molecule has 24 heavy (non-hydrogen) atoms. The van der Waals surface area contributed by atoms with Crippen molar-refractivity contribution in [1.82, 2.24) is 4.90 Å². The molecule has 2 aromatic rings. The van der Waals surface area contributed by atoms with Crippen LogP contribution in [0.4, 0.5) is 0 Å². The monoisotopic (exact) mass is 323 g/mol. The highest BCUT2D eigenvalue weighted by molar-refractivity contribution is 6.14. The molecule has 0 atom stereocenters. The highest BCUT2D eigenvalue weighted by atomic mass is 16.5. The Hall–Kier alpha value is -2.46. The lowest BCUT2D eigenvalue weighted by molar-refractivity contribution is 0.0523. The van der Waals surface area contributed by atoms with Crippen LogP contribution in [0.1, 0.15) is 45.2 Å². The second kappa shape index (κ2) is 7.41. The molecular weight excluding hydrogens is 302 g/mol. The van der Waals surface area contributed by atoms with Crippen molar-refractivity contribution in [2.24, 2.45) is 0 Å². The number of carbonyl (C=O) groups is 2. The maximum atomic E-state index is 12.8. The highest BCUT2D eigenvalue weighted by Gasteiger charge is 2.19. The lowest BCUT2D eigenvalue weighted by atomic mass is 9.97. The van der Waals surface area contributed by atoms with Gasteiger partial charge in [0.2, 0.25) is 0 Å². The van der Waals surface area contributed by atoms with E-state index in [9.17, 15) is 9.59 Å². The Morgan fingerprint density at radius 3 is 2.25 bits per heavy atom. The van der Waals surface area contributed by atoms with E-state index in [1.807, 2.05) is 24.3 Å². The summed E-state index contributed by atoms with van der Waals surface area (Å²) < 4.78 is 5.04. The van der Waals surface area contributed by atoms with Gasteiger partial charge in [-0.3, -0.25) is 9.69 Å². The van der Waals surface area contributed by atoms with Gasteiger partial charge >= 0.3 is 5.97 Å². The third-order valence-corrected chi connectivity index (χ3v) is 4.24. The first kappa shape index (κ1) is 16.4. The first-order chi connectivity index (χ1) is 11.7. The van der Waals surface area contributed by atoms with Crippen molar-refractivity contribution in [2.75, 3.05) is 19.7 Å². The molecule has 0 radical (unpaired) electrons. The number of nitrogens with zero attached hydrogens (tertiary/aromatic N) is 1. The number of rotatable bonds is 6. The van der Waals surface area contributed by atoms with Crippen molar-refractivity contribution in [3.8, 4) is 0 Å². The lowest BCUT2D eigenvalue weighted by Crippen LogP contribution is -2.36. The fourth-order valence-electron chi connectivity index (χ4n) is 2.78. The van der Waals surface area contributed by atoms with Gasteiger partial charge in [-0.1, -0.05) is 42.5 Å². The molecule has 4 heteroatoms. The van der Waals surface area contributed by atoms with Crippen LogP contribution in [0, 0.1) is 0 Å². The first-order valence-electron chi connectivity index (χ1n) is 8.31. The Kier molecular flexibility index (Phi) is 5.06. The minimum Gasteiger partial charge on any atom is -0.462 e. The number of carbonyl (C=O) groups excluding carboxylic acids is 2. The van der Waals surface area contributed by atoms with Gasteiger partial charge in [-0.2, -0.15) is 0 Å². The van der Waals surface area contributed by atoms with Crippen molar-refractivity contribution >= 4 is 11.8 Å². The van der Waals surface area contributed by atoms with Gasteiger partial charge in [-0.25, -0.2) is 4.79 Å². The molecule has 1 fully saturated rings. The zero-order valence-corrected chi connectivity index (χ0v) is 13.8. The maximum Gasteiger partial charge on any atom is 0.338 e. The quantitative estimate of drug-likeness (QED) is 0.604. The molecule has 0 aromatic heterocycles. The molecule has 0 amide bonds. The molecule has 3 rings (SSSR count). The molecule has 0 aliphatic carbocycles. The number of benzene rings is 2. The zero-order chi connectivity index (χ0) is 16.9. The van der Waals surface area contributed by atoms with E-state index >= 15 is 0 Å². The van der Waals surface area contributed by atoms with Gasteiger partial charge in [-0.15, -0.1) is 0 Å². The van der Waals surface area contributed by atoms with Crippen LogP contribution in [0.25, 0.3) is 0 Å². The molecule has 0 saturated carbocycles. The summed E-state index contributed by atoms with van der Waals surface area (Å²) in [5.41, 5.74) is 2.48. The van der Waals surface area contributed by atoms with Crippen LogP contribution in [0.15, 0.2) is 48.5 Å². The molecule has 2 aromatic carbocycles. The van der Waals surface area contributed by atoms with Crippen LogP contribution in [0.3, 0.4) is 0 Å². The van der Waals surface area contributed by atoms with E-state index < -0.39 is 5.97 Å². The van der Waals surface area contributed by atoms with Crippen molar-refractivity contribution < 1.29 is 14.3 Å². The van der Waals surface area contributed by atoms with Gasteiger partial charge in [0.15, 0.2) is 5.78 Å².